The molecule has 1 N–H and O–H groups in total. The predicted molar refractivity (Wildman–Crippen MR) is 56.7 cm³/mol. The van der Waals surface area contributed by atoms with Gasteiger partial charge in [-0.05, 0) is 43.1 Å². The zero-order valence-corrected chi connectivity index (χ0v) is 9.27. The second-order valence-electron chi connectivity index (χ2n) is 5.21. The van der Waals surface area contributed by atoms with Crippen LogP contribution < -0.4 is 5.32 Å². The molecular formula is C12H23N. The van der Waals surface area contributed by atoms with E-state index < -0.39 is 0 Å². The Morgan fingerprint density at radius 1 is 1.38 bits per heavy atom. The maximum Gasteiger partial charge on any atom is 0.0158 e. The molecule has 2 aliphatic carbocycles. The standard InChI is InChI=1S/C12H23N/c1-4-8-13-11-9(2)12(11,3)10-6-5-7-10/h9-11,13H,4-8H2,1-3H3. The van der Waals surface area contributed by atoms with Crippen molar-refractivity contribution in [2.24, 2.45) is 17.3 Å². The summed E-state index contributed by atoms with van der Waals surface area (Å²) in [6.07, 6.45) is 5.73. The summed E-state index contributed by atoms with van der Waals surface area (Å²) >= 11 is 0. The van der Waals surface area contributed by atoms with Crippen LogP contribution in [0.5, 0.6) is 0 Å². The lowest BCUT2D eigenvalue weighted by Crippen LogP contribution is -2.30. The molecule has 0 heterocycles. The Hall–Kier alpha value is -0.0400. The fourth-order valence-corrected chi connectivity index (χ4v) is 3.11. The largest absolute Gasteiger partial charge is 0.313 e. The van der Waals surface area contributed by atoms with Crippen molar-refractivity contribution in [2.75, 3.05) is 6.54 Å². The Morgan fingerprint density at radius 2 is 2.08 bits per heavy atom. The lowest BCUT2D eigenvalue weighted by molar-refractivity contribution is 0.179. The molecule has 2 fully saturated rings. The van der Waals surface area contributed by atoms with Crippen LogP contribution in [-0.2, 0) is 0 Å². The normalized spacial score (nSPS) is 44.5. The van der Waals surface area contributed by atoms with Gasteiger partial charge in [0.2, 0.25) is 0 Å². The summed E-state index contributed by atoms with van der Waals surface area (Å²) in [5, 5.41) is 3.70. The molecule has 3 unspecified atom stereocenters. The van der Waals surface area contributed by atoms with Gasteiger partial charge >= 0.3 is 0 Å². The molecule has 0 amide bonds. The molecule has 76 valence electrons. The average molecular weight is 181 g/mol. The molecule has 0 aromatic heterocycles. The van der Waals surface area contributed by atoms with Gasteiger partial charge in [-0.1, -0.05) is 27.2 Å². The summed E-state index contributed by atoms with van der Waals surface area (Å²) in [5.41, 5.74) is 0.660. The molecule has 1 heteroatoms. The molecule has 0 aromatic rings. The molecule has 3 atom stereocenters. The van der Waals surface area contributed by atoms with E-state index in [1.54, 1.807) is 0 Å². The fourth-order valence-electron chi connectivity index (χ4n) is 3.11. The lowest BCUT2D eigenvalue weighted by atomic mass is 9.73. The van der Waals surface area contributed by atoms with Gasteiger partial charge in [-0.15, -0.1) is 0 Å². The van der Waals surface area contributed by atoms with Crippen LogP contribution in [0.4, 0.5) is 0 Å². The Bertz CT molecular complexity index is 186. The van der Waals surface area contributed by atoms with Crippen molar-refractivity contribution in [3.8, 4) is 0 Å². The molecular weight excluding hydrogens is 158 g/mol. The van der Waals surface area contributed by atoms with Crippen LogP contribution in [0.25, 0.3) is 0 Å². The van der Waals surface area contributed by atoms with Gasteiger partial charge < -0.3 is 5.32 Å². The summed E-state index contributed by atoms with van der Waals surface area (Å²) in [6, 6.07) is 0.831. The van der Waals surface area contributed by atoms with E-state index in [1.165, 1.54) is 32.2 Å². The van der Waals surface area contributed by atoms with Crippen molar-refractivity contribution in [1.82, 2.24) is 5.32 Å². The summed E-state index contributed by atoms with van der Waals surface area (Å²) in [6.45, 7) is 8.37. The van der Waals surface area contributed by atoms with E-state index in [9.17, 15) is 0 Å². The first-order chi connectivity index (χ1) is 6.21. The number of hydrogen-bond donors (Lipinski definition) is 1. The molecule has 2 saturated carbocycles. The first-order valence-corrected chi connectivity index (χ1v) is 5.94. The Kier molecular flexibility index (Phi) is 2.39. The van der Waals surface area contributed by atoms with Gasteiger partial charge in [-0.25, -0.2) is 0 Å². The molecule has 0 spiro atoms. The first kappa shape index (κ1) is 9.51. The SMILES string of the molecule is CCCNC1C(C)C1(C)C1CCC1. The molecule has 1 nitrogen and oxygen atoms in total. The number of nitrogens with one attached hydrogen (secondary N) is 1. The van der Waals surface area contributed by atoms with Crippen LogP contribution >= 0.6 is 0 Å². The molecule has 0 saturated heterocycles. The molecule has 2 aliphatic rings. The minimum atomic E-state index is 0.660. The fraction of sp³-hybridized carbons (Fsp3) is 1.00. The second kappa shape index (κ2) is 3.27. The summed E-state index contributed by atoms with van der Waals surface area (Å²) in [4.78, 5) is 0. The van der Waals surface area contributed by atoms with Crippen molar-refractivity contribution in [2.45, 2.75) is 52.5 Å². The van der Waals surface area contributed by atoms with E-state index in [4.69, 9.17) is 0 Å². The van der Waals surface area contributed by atoms with E-state index in [0.717, 1.165) is 17.9 Å². The summed E-state index contributed by atoms with van der Waals surface area (Å²) in [7, 11) is 0. The van der Waals surface area contributed by atoms with E-state index in [2.05, 4.69) is 26.1 Å². The van der Waals surface area contributed by atoms with Crippen LogP contribution in [-0.4, -0.2) is 12.6 Å². The third-order valence-corrected chi connectivity index (χ3v) is 4.64. The molecule has 0 bridgehead atoms. The summed E-state index contributed by atoms with van der Waals surface area (Å²) < 4.78 is 0. The highest BCUT2D eigenvalue weighted by molar-refractivity contribution is 5.15. The van der Waals surface area contributed by atoms with Crippen molar-refractivity contribution < 1.29 is 0 Å². The van der Waals surface area contributed by atoms with Crippen molar-refractivity contribution in [3.63, 3.8) is 0 Å². The minimum absolute atomic E-state index is 0.660. The van der Waals surface area contributed by atoms with Gasteiger partial charge in [-0.2, -0.15) is 0 Å². The smallest absolute Gasteiger partial charge is 0.0158 e. The van der Waals surface area contributed by atoms with Crippen LogP contribution in [0.15, 0.2) is 0 Å². The highest BCUT2D eigenvalue weighted by atomic mass is 15.0. The number of rotatable bonds is 4. The Morgan fingerprint density at radius 3 is 2.54 bits per heavy atom. The van der Waals surface area contributed by atoms with E-state index in [-0.39, 0.29) is 0 Å². The van der Waals surface area contributed by atoms with E-state index in [0.29, 0.717) is 5.41 Å². The maximum atomic E-state index is 3.70. The highest BCUT2D eigenvalue weighted by Gasteiger charge is 2.62. The average Bonchev–Trinajstić information content (AvgIpc) is 2.48. The van der Waals surface area contributed by atoms with Gasteiger partial charge in [-0.3, -0.25) is 0 Å². The third-order valence-electron chi connectivity index (χ3n) is 4.64. The van der Waals surface area contributed by atoms with Gasteiger partial charge in [0.15, 0.2) is 0 Å². The highest BCUT2D eigenvalue weighted by Crippen LogP contribution is 2.62. The minimum Gasteiger partial charge on any atom is -0.313 e. The molecule has 0 radical (unpaired) electrons. The maximum absolute atomic E-state index is 3.70. The third kappa shape index (κ3) is 1.32. The molecule has 13 heavy (non-hydrogen) atoms. The zero-order valence-electron chi connectivity index (χ0n) is 9.27. The monoisotopic (exact) mass is 181 g/mol. The molecule has 0 aliphatic heterocycles. The predicted octanol–water partition coefficient (Wildman–Crippen LogP) is 2.81. The van der Waals surface area contributed by atoms with Crippen LogP contribution in [0, 0.1) is 17.3 Å². The lowest BCUT2D eigenvalue weighted by Gasteiger charge is -2.33. The summed E-state index contributed by atoms with van der Waals surface area (Å²) in [5.74, 6) is 1.96. The van der Waals surface area contributed by atoms with Crippen LogP contribution in [0.1, 0.15) is 46.5 Å². The van der Waals surface area contributed by atoms with Gasteiger partial charge in [0.05, 0.1) is 0 Å². The second-order valence-corrected chi connectivity index (χ2v) is 5.21. The van der Waals surface area contributed by atoms with Crippen molar-refractivity contribution in [1.29, 1.82) is 0 Å². The van der Waals surface area contributed by atoms with Gasteiger partial charge in [0.1, 0.15) is 0 Å². The van der Waals surface area contributed by atoms with Gasteiger partial charge in [0, 0.05) is 6.04 Å². The van der Waals surface area contributed by atoms with E-state index in [1.807, 2.05) is 0 Å². The van der Waals surface area contributed by atoms with Crippen LogP contribution in [0.3, 0.4) is 0 Å². The topological polar surface area (TPSA) is 12.0 Å². The van der Waals surface area contributed by atoms with Gasteiger partial charge in [0.25, 0.3) is 0 Å². The zero-order chi connectivity index (χ0) is 9.47. The quantitative estimate of drug-likeness (QED) is 0.703. The van der Waals surface area contributed by atoms with Crippen molar-refractivity contribution in [3.05, 3.63) is 0 Å². The molecule has 2 rings (SSSR count). The Labute approximate surface area is 82.3 Å². The Balaban J connectivity index is 1.86. The van der Waals surface area contributed by atoms with Crippen molar-refractivity contribution >= 4 is 0 Å². The van der Waals surface area contributed by atoms with E-state index >= 15 is 0 Å². The molecule has 0 aromatic carbocycles. The van der Waals surface area contributed by atoms with Crippen LogP contribution in [0.2, 0.25) is 0 Å². The number of hydrogen-bond acceptors (Lipinski definition) is 1. The first-order valence-electron chi connectivity index (χ1n) is 5.94.